The van der Waals surface area contributed by atoms with Crippen molar-refractivity contribution in [3.8, 4) is 0 Å². The number of nitrogens with zero attached hydrogens (tertiary/aromatic N) is 2. The van der Waals surface area contributed by atoms with Crippen molar-refractivity contribution in [1.29, 1.82) is 0 Å². The first-order chi connectivity index (χ1) is 15.9. The zero-order chi connectivity index (χ0) is 23.3. The van der Waals surface area contributed by atoms with Crippen LogP contribution in [0.15, 0.2) is 83.8 Å². The number of aryl methyl sites for hydroxylation is 1. The van der Waals surface area contributed by atoms with Gasteiger partial charge in [0.1, 0.15) is 6.54 Å². The minimum absolute atomic E-state index is 0.158. The van der Waals surface area contributed by atoms with Crippen LogP contribution in [0.25, 0.3) is 0 Å². The SMILES string of the molecule is Cc1ccc(N(CC(=O)NCCCN2CCc3ccccc32)S(=O)(=O)c2ccccc2)cc1. The van der Waals surface area contributed by atoms with Crippen molar-refractivity contribution in [2.75, 3.05) is 35.4 Å². The summed E-state index contributed by atoms with van der Waals surface area (Å²) in [6, 6.07) is 23.8. The molecule has 0 radical (unpaired) electrons. The first-order valence-corrected chi connectivity index (χ1v) is 12.6. The molecule has 0 saturated heterocycles. The third kappa shape index (κ3) is 5.37. The summed E-state index contributed by atoms with van der Waals surface area (Å²) < 4.78 is 27.8. The minimum Gasteiger partial charge on any atom is -0.371 e. The van der Waals surface area contributed by atoms with E-state index in [1.54, 1.807) is 42.5 Å². The van der Waals surface area contributed by atoms with Crippen LogP contribution in [-0.4, -0.2) is 40.5 Å². The monoisotopic (exact) mass is 463 g/mol. The summed E-state index contributed by atoms with van der Waals surface area (Å²) >= 11 is 0. The van der Waals surface area contributed by atoms with Gasteiger partial charge in [0.25, 0.3) is 10.0 Å². The highest BCUT2D eigenvalue weighted by molar-refractivity contribution is 7.92. The van der Waals surface area contributed by atoms with Gasteiger partial charge < -0.3 is 10.2 Å². The molecule has 33 heavy (non-hydrogen) atoms. The van der Waals surface area contributed by atoms with Crippen LogP contribution < -0.4 is 14.5 Å². The summed E-state index contributed by atoms with van der Waals surface area (Å²) in [7, 11) is -3.87. The number of hydrogen-bond acceptors (Lipinski definition) is 4. The zero-order valence-corrected chi connectivity index (χ0v) is 19.6. The van der Waals surface area contributed by atoms with Gasteiger partial charge in [-0.1, -0.05) is 54.1 Å². The molecule has 1 heterocycles. The molecule has 0 aliphatic carbocycles. The highest BCUT2D eigenvalue weighted by Crippen LogP contribution is 2.27. The lowest BCUT2D eigenvalue weighted by molar-refractivity contribution is -0.119. The third-order valence-electron chi connectivity index (χ3n) is 5.85. The molecule has 172 valence electrons. The van der Waals surface area contributed by atoms with Crippen LogP contribution in [0.4, 0.5) is 11.4 Å². The fraction of sp³-hybridized carbons (Fsp3) is 0.269. The highest BCUT2D eigenvalue weighted by Gasteiger charge is 2.27. The lowest BCUT2D eigenvalue weighted by Crippen LogP contribution is -2.41. The fourth-order valence-corrected chi connectivity index (χ4v) is 5.51. The molecule has 7 heteroatoms. The Bertz CT molecular complexity index is 1190. The van der Waals surface area contributed by atoms with Gasteiger partial charge in [-0.25, -0.2) is 8.42 Å². The average molecular weight is 464 g/mol. The molecule has 0 saturated carbocycles. The van der Waals surface area contributed by atoms with Gasteiger partial charge in [0.15, 0.2) is 0 Å². The fourth-order valence-electron chi connectivity index (χ4n) is 4.07. The molecule has 0 aromatic heterocycles. The summed E-state index contributed by atoms with van der Waals surface area (Å²) in [5.41, 5.74) is 4.11. The number of rotatable bonds is 9. The summed E-state index contributed by atoms with van der Waals surface area (Å²) in [5, 5.41) is 2.89. The van der Waals surface area contributed by atoms with Gasteiger partial charge >= 0.3 is 0 Å². The number of sulfonamides is 1. The second kappa shape index (κ2) is 10.1. The Morgan fingerprint density at radius 2 is 1.67 bits per heavy atom. The molecule has 1 N–H and O–H groups in total. The van der Waals surface area contributed by atoms with E-state index in [1.807, 2.05) is 25.1 Å². The predicted octanol–water partition coefficient (Wildman–Crippen LogP) is 3.76. The molecule has 3 aromatic carbocycles. The van der Waals surface area contributed by atoms with Crippen molar-refractivity contribution in [2.24, 2.45) is 0 Å². The van der Waals surface area contributed by atoms with Crippen LogP contribution >= 0.6 is 0 Å². The largest absolute Gasteiger partial charge is 0.371 e. The first-order valence-electron chi connectivity index (χ1n) is 11.2. The average Bonchev–Trinajstić information content (AvgIpc) is 3.24. The lowest BCUT2D eigenvalue weighted by Gasteiger charge is -2.24. The van der Waals surface area contributed by atoms with E-state index >= 15 is 0 Å². The Morgan fingerprint density at radius 3 is 2.42 bits per heavy atom. The third-order valence-corrected chi connectivity index (χ3v) is 7.64. The van der Waals surface area contributed by atoms with E-state index in [1.165, 1.54) is 15.6 Å². The molecule has 1 aliphatic rings. The lowest BCUT2D eigenvalue weighted by atomic mass is 10.2. The van der Waals surface area contributed by atoms with Gasteiger partial charge in [-0.3, -0.25) is 9.10 Å². The van der Waals surface area contributed by atoms with Gasteiger partial charge in [0, 0.05) is 25.3 Å². The molecular weight excluding hydrogens is 434 g/mol. The van der Waals surface area contributed by atoms with Crippen molar-refractivity contribution < 1.29 is 13.2 Å². The molecule has 4 rings (SSSR count). The molecule has 0 atom stereocenters. The maximum absolute atomic E-state index is 13.3. The number of anilines is 2. The summed E-state index contributed by atoms with van der Waals surface area (Å²) in [6.07, 6.45) is 1.83. The van der Waals surface area contributed by atoms with E-state index in [9.17, 15) is 13.2 Å². The van der Waals surface area contributed by atoms with Crippen molar-refractivity contribution in [3.05, 3.63) is 90.0 Å². The molecular formula is C26H29N3O3S. The topological polar surface area (TPSA) is 69.7 Å². The van der Waals surface area contributed by atoms with Crippen LogP contribution in [-0.2, 0) is 21.2 Å². The zero-order valence-electron chi connectivity index (χ0n) is 18.8. The van der Waals surface area contributed by atoms with E-state index in [2.05, 4.69) is 28.4 Å². The van der Waals surface area contributed by atoms with E-state index in [-0.39, 0.29) is 17.3 Å². The maximum Gasteiger partial charge on any atom is 0.264 e. The van der Waals surface area contributed by atoms with Crippen molar-refractivity contribution >= 4 is 27.3 Å². The quantitative estimate of drug-likeness (QED) is 0.491. The minimum atomic E-state index is -3.87. The molecule has 0 fully saturated rings. The second-order valence-corrected chi connectivity index (χ2v) is 10.1. The van der Waals surface area contributed by atoms with Crippen LogP contribution in [0.2, 0.25) is 0 Å². The molecule has 0 bridgehead atoms. The summed E-state index contributed by atoms with van der Waals surface area (Å²) in [4.78, 5) is 15.2. The number of fused-ring (bicyclic) bond motifs is 1. The number of para-hydroxylation sites is 1. The van der Waals surface area contributed by atoms with Crippen LogP contribution in [0, 0.1) is 6.92 Å². The number of hydrogen-bond donors (Lipinski definition) is 1. The number of benzene rings is 3. The predicted molar refractivity (Wildman–Crippen MR) is 132 cm³/mol. The normalized spacial score (nSPS) is 12.9. The van der Waals surface area contributed by atoms with E-state index < -0.39 is 10.0 Å². The number of carbonyl (C=O) groups excluding carboxylic acids is 1. The van der Waals surface area contributed by atoms with Gasteiger partial charge in [0.2, 0.25) is 5.91 Å². The highest BCUT2D eigenvalue weighted by atomic mass is 32.2. The molecule has 6 nitrogen and oxygen atoms in total. The first kappa shape index (κ1) is 22.9. The van der Waals surface area contributed by atoms with Gasteiger partial charge in [-0.05, 0) is 55.7 Å². The van der Waals surface area contributed by atoms with Crippen LogP contribution in [0.5, 0.6) is 0 Å². The Hall–Kier alpha value is -3.32. The molecule has 1 amide bonds. The van der Waals surface area contributed by atoms with Gasteiger partial charge in [-0.15, -0.1) is 0 Å². The van der Waals surface area contributed by atoms with E-state index in [0.717, 1.165) is 31.5 Å². The van der Waals surface area contributed by atoms with E-state index in [4.69, 9.17) is 0 Å². The van der Waals surface area contributed by atoms with Crippen LogP contribution in [0.3, 0.4) is 0 Å². The number of carbonyl (C=O) groups is 1. The molecule has 0 spiro atoms. The molecule has 0 unspecified atom stereocenters. The number of nitrogens with one attached hydrogen (secondary N) is 1. The van der Waals surface area contributed by atoms with E-state index in [0.29, 0.717) is 12.2 Å². The van der Waals surface area contributed by atoms with Crippen molar-refractivity contribution in [2.45, 2.75) is 24.7 Å². The smallest absolute Gasteiger partial charge is 0.264 e. The van der Waals surface area contributed by atoms with Gasteiger partial charge in [0.05, 0.1) is 10.6 Å². The van der Waals surface area contributed by atoms with Crippen molar-refractivity contribution in [3.63, 3.8) is 0 Å². The summed E-state index contributed by atoms with van der Waals surface area (Å²) in [6.45, 7) is 3.99. The Kier molecular flexibility index (Phi) is 6.99. The molecule has 3 aromatic rings. The Balaban J connectivity index is 1.39. The Morgan fingerprint density at radius 1 is 0.970 bits per heavy atom. The van der Waals surface area contributed by atoms with Crippen molar-refractivity contribution in [1.82, 2.24) is 5.32 Å². The molecule has 1 aliphatic heterocycles. The summed E-state index contributed by atoms with van der Waals surface area (Å²) in [5.74, 6) is -0.322. The van der Waals surface area contributed by atoms with Crippen LogP contribution in [0.1, 0.15) is 17.5 Å². The standard InChI is InChI=1S/C26H29N3O3S/c1-21-12-14-23(15-13-21)29(33(31,32)24-9-3-2-4-10-24)20-26(30)27-17-7-18-28-19-16-22-8-5-6-11-25(22)28/h2-6,8-15H,7,16-20H2,1H3,(H,27,30). The van der Waals surface area contributed by atoms with Gasteiger partial charge in [-0.2, -0.15) is 0 Å². The number of amides is 1. The second-order valence-electron chi connectivity index (χ2n) is 8.23. The Labute approximate surface area is 195 Å². The maximum atomic E-state index is 13.3.